The van der Waals surface area contributed by atoms with Crippen molar-refractivity contribution in [1.82, 2.24) is 35.5 Å². The van der Waals surface area contributed by atoms with Crippen LogP contribution in [0.3, 0.4) is 0 Å². The molecule has 0 saturated carbocycles. The Hall–Kier alpha value is -6.64. The number of nitrogens with zero attached hydrogens (tertiary/aromatic N) is 6. The molecule has 52 heavy (non-hydrogen) atoms. The molecule has 0 saturated heterocycles. The zero-order valence-corrected chi connectivity index (χ0v) is 28.3. The minimum absolute atomic E-state index is 0.0165. The molecule has 0 aliphatic rings. The number of aromatic amines is 1. The topological polar surface area (TPSA) is 189 Å². The van der Waals surface area contributed by atoms with E-state index in [1.165, 1.54) is 0 Å². The normalized spacial score (nSPS) is 11.6. The molecule has 0 radical (unpaired) electrons. The maximum Gasteiger partial charge on any atom is 0.328 e. The largest absolute Gasteiger partial charge is 0.465 e. The van der Waals surface area contributed by atoms with Crippen LogP contribution >= 0.6 is 0 Å². The number of aromatic nitrogens is 6. The lowest BCUT2D eigenvalue weighted by atomic mass is 9.98. The summed E-state index contributed by atoms with van der Waals surface area (Å²) >= 11 is 0. The van der Waals surface area contributed by atoms with Gasteiger partial charge in [0.1, 0.15) is 6.04 Å². The molecule has 6 rings (SSSR count). The van der Waals surface area contributed by atoms with E-state index in [0.29, 0.717) is 54.4 Å². The number of para-hydroxylation sites is 1. The molecule has 15 nitrogen and oxygen atoms in total. The highest BCUT2D eigenvalue weighted by molar-refractivity contribution is 6.06. The van der Waals surface area contributed by atoms with E-state index in [1.807, 2.05) is 96.4 Å². The summed E-state index contributed by atoms with van der Waals surface area (Å²) in [5.74, 6) is -0.610. The Labute approximate surface area is 298 Å². The van der Waals surface area contributed by atoms with Crippen molar-refractivity contribution >= 4 is 22.9 Å². The molecule has 0 fully saturated rings. The van der Waals surface area contributed by atoms with Crippen LogP contribution in [0.15, 0.2) is 97.1 Å². The maximum atomic E-state index is 14.0. The Morgan fingerprint density at radius 2 is 1.65 bits per heavy atom. The van der Waals surface area contributed by atoms with E-state index in [-0.39, 0.29) is 19.6 Å². The van der Waals surface area contributed by atoms with Gasteiger partial charge in [0.25, 0.3) is 17.0 Å². The highest BCUT2D eigenvalue weighted by atomic mass is 16.9. The lowest BCUT2D eigenvalue weighted by molar-refractivity contribution is -0.757. The number of carbonyl (C=O) groups is 2. The molecule has 2 aromatic heterocycles. The van der Waals surface area contributed by atoms with Crippen LogP contribution in [0.4, 0.5) is 0 Å². The zero-order valence-electron chi connectivity index (χ0n) is 28.3. The smallest absolute Gasteiger partial charge is 0.328 e. The number of hydrogen-bond donors (Lipinski definition) is 2. The maximum absolute atomic E-state index is 14.0. The predicted octanol–water partition coefficient (Wildman–Crippen LogP) is 5.20. The van der Waals surface area contributed by atoms with Gasteiger partial charge in [-0.1, -0.05) is 84.9 Å². The molecule has 2 heterocycles. The fourth-order valence-electron chi connectivity index (χ4n) is 5.81. The monoisotopic (exact) mass is 704 g/mol. The first-order chi connectivity index (χ1) is 25.4. The van der Waals surface area contributed by atoms with Gasteiger partial charge in [-0.25, -0.2) is 4.79 Å². The second kappa shape index (κ2) is 16.8. The lowest BCUT2D eigenvalue weighted by Gasteiger charge is -2.19. The molecule has 4 aromatic carbocycles. The van der Waals surface area contributed by atoms with Crippen molar-refractivity contribution < 1.29 is 29.0 Å². The summed E-state index contributed by atoms with van der Waals surface area (Å²) in [4.78, 5) is 46.8. The summed E-state index contributed by atoms with van der Waals surface area (Å²) in [5, 5.41) is 26.9. The van der Waals surface area contributed by atoms with Crippen LogP contribution in [0.2, 0.25) is 0 Å². The van der Waals surface area contributed by atoms with Crippen LogP contribution in [-0.2, 0) is 27.3 Å². The minimum atomic E-state index is -1.01. The fourth-order valence-corrected chi connectivity index (χ4v) is 5.81. The van der Waals surface area contributed by atoms with Crippen molar-refractivity contribution in [3.8, 4) is 28.5 Å². The first kappa shape index (κ1) is 35.2. The summed E-state index contributed by atoms with van der Waals surface area (Å²) in [6.45, 7) is 2.49. The number of esters is 1. The number of hydrogen-bond acceptors (Lipinski definition) is 11. The Bertz CT molecular complexity index is 2120. The number of nitrogens with one attached hydrogen (secondary N) is 2. The van der Waals surface area contributed by atoms with Gasteiger partial charge in [-0.3, -0.25) is 9.36 Å². The van der Waals surface area contributed by atoms with Crippen molar-refractivity contribution in [2.45, 2.75) is 38.8 Å². The Morgan fingerprint density at radius 1 is 0.904 bits per heavy atom. The number of ether oxygens (including phenoxy) is 2. The van der Waals surface area contributed by atoms with Gasteiger partial charge in [0.2, 0.25) is 5.82 Å². The number of carbonyl (C=O) groups excluding carboxylic acids is 2. The van der Waals surface area contributed by atoms with Gasteiger partial charge in [-0.05, 0) is 59.4 Å². The van der Waals surface area contributed by atoms with E-state index in [0.717, 1.165) is 27.8 Å². The van der Waals surface area contributed by atoms with Crippen LogP contribution < -0.4 is 10.1 Å². The number of benzene rings is 4. The van der Waals surface area contributed by atoms with Gasteiger partial charge in [-0.2, -0.15) is 10.2 Å². The first-order valence-electron chi connectivity index (χ1n) is 16.7. The number of H-pyrrole nitrogens is 1. The molecule has 266 valence electrons. The first-order valence-corrected chi connectivity index (χ1v) is 16.7. The van der Waals surface area contributed by atoms with E-state index in [1.54, 1.807) is 12.1 Å². The molecule has 1 amide bonds. The van der Waals surface area contributed by atoms with Crippen LogP contribution in [0.1, 0.15) is 41.3 Å². The van der Waals surface area contributed by atoms with Crippen molar-refractivity contribution in [3.05, 3.63) is 124 Å². The van der Waals surface area contributed by atoms with Gasteiger partial charge in [0.15, 0.2) is 0 Å². The molecule has 0 spiro atoms. The molecule has 0 aliphatic carbocycles. The van der Waals surface area contributed by atoms with Gasteiger partial charge in [0.05, 0.1) is 43.0 Å². The quantitative estimate of drug-likeness (QED) is 0.0549. The molecule has 6 aromatic rings. The fraction of sp³-hybridized carbons (Fsp3) is 0.243. The molecule has 1 atom stereocenters. The van der Waals surface area contributed by atoms with Crippen LogP contribution in [-0.4, -0.2) is 73.0 Å². The van der Waals surface area contributed by atoms with E-state index in [2.05, 4.69) is 30.8 Å². The SMILES string of the molecule is CCOc1nc2cccc(C(=O)NC(Cc3ccccc3)C(=O)OCCCCO[N+](=O)[O-])c2n1Cc1ccc(-c2ccccc2-c2nn[nH]n2)cc1. The minimum Gasteiger partial charge on any atom is -0.465 e. The average Bonchev–Trinajstić information content (AvgIpc) is 3.82. The standard InChI is InChI=1S/C37H36N8O7/c1-2-50-37-39-31-16-10-15-30(35(46)38-32(23-25-11-4-3-5-12-25)36(47)51-21-8-9-22-52-45(48)49)33(31)44(37)24-26-17-19-27(20-18-26)28-13-6-7-14-29(28)34-40-42-43-41-34/h3-7,10-20,32H,2,8-9,21-24H2,1H3,(H,38,46)(H,40,41,42,43). The zero-order chi connectivity index (χ0) is 36.3. The summed E-state index contributed by atoms with van der Waals surface area (Å²) in [6, 6.07) is 29.7. The van der Waals surface area contributed by atoms with Gasteiger partial charge in [0, 0.05) is 12.0 Å². The van der Waals surface area contributed by atoms with E-state index in [4.69, 9.17) is 14.5 Å². The molecular formula is C37H36N8O7. The van der Waals surface area contributed by atoms with Crippen molar-refractivity contribution in [2.24, 2.45) is 0 Å². The molecule has 0 aliphatic heterocycles. The molecule has 15 heteroatoms. The highest BCUT2D eigenvalue weighted by Crippen LogP contribution is 2.31. The van der Waals surface area contributed by atoms with E-state index < -0.39 is 23.0 Å². The number of unbranched alkanes of at least 4 members (excludes halogenated alkanes) is 1. The van der Waals surface area contributed by atoms with Crippen molar-refractivity contribution in [1.29, 1.82) is 0 Å². The second-order valence-electron chi connectivity index (χ2n) is 11.7. The average molecular weight is 705 g/mol. The third-order valence-electron chi connectivity index (χ3n) is 8.22. The van der Waals surface area contributed by atoms with Crippen LogP contribution in [0.5, 0.6) is 6.01 Å². The van der Waals surface area contributed by atoms with E-state index in [9.17, 15) is 19.7 Å². The van der Waals surface area contributed by atoms with Crippen molar-refractivity contribution in [3.63, 3.8) is 0 Å². The van der Waals surface area contributed by atoms with E-state index >= 15 is 0 Å². The summed E-state index contributed by atoms with van der Waals surface area (Å²) in [6.07, 6.45) is 0.877. The molecule has 2 N–H and O–H groups in total. The van der Waals surface area contributed by atoms with Gasteiger partial charge >= 0.3 is 5.97 Å². The molecule has 0 bridgehead atoms. The highest BCUT2D eigenvalue weighted by Gasteiger charge is 2.26. The van der Waals surface area contributed by atoms with Crippen LogP contribution in [0, 0.1) is 10.1 Å². The summed E-state index contributed by atoms with van der Waals surface area (Å²) in [5.41, 5.74) is 5.93. The molecule has 1 unspecified atom stereocenters. The Balaban J connectivity index is 1.25. The number of amides is 1. The number of imidazole rings is 1. The third kappa shape index (κ3) is 8.56. The summed E-state index contributed by atoms with van der Waals surface area (Å²) in [7, 11) is 0. The Kier molecular flexibility index (Phi) is 11.4. The number of rotatable bonds is 17. The lowest BCUT2D eigenvalue weighted by Crippen LogP contribution is -2.43. The predicted molar refractivity (Wildman–Crippen MR) is 190 cm³/mol. The summed E-state index contributed by atoms with van der Waals surface area (Å²) < 4.78 is 13.3. The third-order valence-corrected chi connectivity index (χ3v) is 8.22. The number of fused-ring (bicyclic) bond motifs is 1. The Morgan fingerprint density at radius 3 is 2.38 bits per heavy atom. The molecular weight excluding hydrogens is 668 g/mol. The van der Waals surface area contributed by atoms with Gasteiger partial charge in [-0.15, -0.1) is 20.3 Å². The second-order valence-corrected chi connectivity index (χ2v) is 11.7. The van der Waals surface area contributed by atoms with Crippen molar-refractivity contribution in [2.75, 3.05) is 19.8 Å². The van der Waals surface area contributed by atoms with Gasteiger partial charge < -0.3 is 19.6 Å². The number of tetrazole rings is 1. The van der Waals surface area contributed by atoms with Crippen LogP contribution in [0.25, 0.3) is 33.5 Å².